The monoisotopic (exact) mass is 312 g/mol. The van der Waals surface area contributed by atoms with Crippen LogP contribution in [0.1, 0.15) is 11.4 Å². The van der Waals surface area contributed by atoms with Crippen LogP contribution in [0.4, 0.5) is 4.39 Å². The summed E-state index contributed by atoms with van der Waals surface area (Å²) in [4.78, 5) is 4.19. The quantitative estimate of drug-likeness (QED) is 0.793. The molecule has 1 heterocycles. The van der Waals surface area contributed by atoms with Crippen molar-refractivity contribution in [2.24, 2.45) is 7.05 Å². The molecule has 0 spiro atoms. The van der Waals surface area contributed by atoms with Crippen LogP contribution in [0.15, 0.2) is 30.6 Å². The first-order valence-corrected chi connectivity index (χ1v) is 6.77. The van der Waals surface area contributed by atoms with E-state index < -0.39 is 0 Å². The lowest BCUT2D eigenvalue weighted by Gasteiger charge is -2.10. The molecule has 96 valence electrons. The summed E-state index contributed by atoms with van der Waals surface area (Å²) >= 11 is 3.32. The summed E-state index contributed by atoms with van der Waals surface area (Å²) < 4.78 is 21.1. The van der Waals surface area contributed by atoms with Gasteiger partial charge >= 0.3 is 0 Å². The standard InChI is InChI=1S/C13H14BrFN2O/c1-17-7-6-16-12(17)5-8-18-13-10(9-14)3-2-4-11(13)15/h2-4,6-7H,5,8-9H2,1H3. The van der Waals surface area contributed by atoms with E-state index in [4.69, 9.17) is 4.74 Å². The van der Waals surface area contributed by atoms with Crippen LogP contribution in [0, 0.1) is 5.82 Å². The Hall–Kier alpha value is -1.36. The molecule has 0 amide bonds. The molecule has 18 heavy (non-hydrogen) atoms. The predicted molar refractivity (Wildman–Crippen MR) is 71.4 cm³/mol. The Kier molecular flexibility index (Phi) is 4.36. The molecule has 0 aliphatic carbocycles. The normalized spacial score (nSPS) is 10.6. The molecule has 0 saturated carbocycles. The van der Waals surface area contributed by atoms with Crippen LogP contribution in [0.3, 0.4) is 0 Å². The van der Waals surface area contributed by atoms with Crippen molar-refractivity contribution in [3.05, 3.63) is 47.8 Å². The lowest BCUT2D eigenvalue weighted by atomic mass is 10.2. The second-order valence-electron chi connectivity index (χ2n) is 3.91. The van der Waals surface area contributed by atoms with Crippen molar-refractivity contribution in [3.8, 4) is 5.75 Å². The number of alkyl halides is 1. The van der Waals surface area contributed by atoms with Crippen molar-refractivity contribution < 1.29 is 9.13 Å². The van der Waals surface area contributed by atoms with E-state index in [0.717, 1.165) is 11.4 Å². The Morgan fingerprint density at radius 3 is 2.94 bits per heavy atom. The van der Waals surface area contributed by atoms with Gasteiger partial charge in [-0.2, -0.15) is 0 Å². The number of hydrogen-bond donors (Lipinski definition) is 0. The second kappa shape index (κ2) is 6.00. The van der Waals surface area contributed by atoms with E-state index in [-0.39, 0.29) is 5.82 Å². The minimum Gasteiger partial charge on any atom is -0.490 e. The van der Waals surface area contributed by atoms with Crippen LogP contribution in [-0.4, -0.2) is 16.2 Å². The van der Waals surface area contributed by atoms with Gasteiger partial charge in [0.25, 0.3) is 0 Å². The van der Waals surface area contributed by atoms with Crippen LogP contribution in [0.5, 0.6) is 5.75 Å². The summed E-state index contributed by atoms with van der Waals surface area (Å²) in [5, 5.41) is 0.572. The lowest BCUT2D eigenvalue weighted by Crippen LogP contribution is -2.08. The van der Waals surface area contributed by atoms with E-state index in [1.54, 1.807) is 12.3 Å². The molecule has 0 N–H and O–H groups in total. The SMILES string of the molecule is Cn1ccnc1CCOc1c(F)cccc1CBr. The number of aryl methyl sites for hydroxylation is 1. The maximum Gasteiger partial charge on any atom is 0.165 e. The van der Waals surface area contributed by atoms with E-state index in [1.165, 1.54) is 6.07 Å². The van der Waals surface area contributed by atoms with Gasteiger partial charge in [0.05, 0.1) is 6.61 Å². The first-order chi connectivity index (χ1) is 8.72. The molecule has 2 rings (SSSR count). The van der Waals surface area contributed by atoms with Gasteiger partial charge < -0.3 is 9.30 Å². The van der Waals surface area contributed by atoms with E-state index in [0.29, 0.717) is 24.1 Å². The Balaban J connectivity index is 2.00. The minimum absolute atomic E-state index is 0.323. The maximum absolute atomic E-state index is 13.6. The summed E-state index contributed by atoms with van der Waals surface area (Å²) in [6.07, 6.45) is 4.27. The highest BCUT2D eigenvalue weighted by Gasteiger charge is 2.09. The molecule has 1 aromatic heterocycles. The third kappa shape index (κ3) is 2.90. The lowest BCUT2D eigenvalue weighted by molar-refractivity contribution is 0.299. The van der Waals surface area contributed by atoms with Crippen LogP contribution in [0.2, 0.25) is 0 Å². The van der Waals surface area contributed by atoms with Crippen LogP contribution < -0.4 is 4.74 Å². The zero-order valence-electron chi connectivity index (χ0n) is 10.1. The largest absolute Gasteiger partial charge is 0.490 e. The van der Waals surface area contributed by atoms with Gasteiger partial charge in [-0.1, -0.05) is 28.1 Å². The van der Waals surface area contributed by atoms with Gasteiger partial charge in [0.1, 0.15) is 5.82 Å². The molecular formula is C13H14BrFN2O. The fraction of sp³-hybridized carbons (Fsp3) is 0.308. The minimum atomic E-state index is -0.327. The van der Waals surface area contributed by atoms with Gasteiger partial charge in [-0.3, -0.25) is 0 Å². The molecule has 0 aliphatic rings. The highest BCUT2D eigenvalue weighted by molar-refractivity contribution is 9.08. The molecule has 0 bridgehead atoms. The highest BCUT2D eigenvalue weighted by Crippen LogP contribution is 2.24. The molecule has 0 fully saturated rings. The van der Waals surface area contributed by atoms with Crippen molar-refractivity contribution in [2.45, 2.75) is 11.8 Å². The van der Waals surface area contributed by atoms with Gasteiger partial charge in [-0.25, -0.2) is 9.37 Å². The zero-order chi connectivity index (χ0) is 13.0. The molecule has 0 radical (unpaired) electrons. The summed E-state index contributed by atoms with van der Waals surface area (Å²) in [5.41, 5.74) is 0.815. The Labute approximate surface area is 114 Å². The molecule has 0 unspecified atom stereocenters. The number of halogens is 2. The summed E-state index contributed by atoms with van der Waals surface area (Å²) in [7, 11) is 1.93. The number of rotatable bonds is 5. The maximum atomic E-state index is 13.6. The number of imidazole rings is 1. The number of para-hydroxylation sites is 1. The molecule has 0 atom stereocenters. The van der Waals surface area contributed by atoms with Crippen molar-refractivity contribution in [3.63, 3.8) is 0 Å². The zero-order valence-corrected chi connectivity index (χ0v) is 11.7. The average Bonchev–Trinajstić information content (AvgIpc) is 2.77. The Morgan fingerprint density at radius 2 is 2.28 bits per heavy atom. The van der Waals surface area contributed by atoms with Crippen LogP contribution in [-0.2, 0) is 18.8 Å². The molecule has 5 heteroatoms. The average molecular weight is 313 g/mol. The van der Waals surface area contributed by atoms with Crippen LogP contribution in [0.25, 0.3) is 0 Å². The fourth-order valence-corrected chi connectivity index (χ4v) is 2.14. The van der Waals surface area contributed by atoms with Gasteiger partial charge in [0.15, 0.2) is 11.6 Å². The number of hydrogen-bond acceptors (Lipinski definition) is 2. The van der Waals surface area contributed by atoms with Crippen molar-refractivity contribution in [1.82, 2.24) is 9.55 Å². The van der Waals surface area contributed by atoms with E-state index >= 15 is 0 Å². The number of ether oxygens (including phenoxy) is 1. The smallest absolute Gasteiger partial charge is 0.165 e. The summed E-state index contributed by atoms with van der Waals surface area (Å²) in [6.45, 7) is 0.409. The van der Waals surface area contributed by atoms with Gasteiger partial charge in [-0.05, 0) is 6.07 Å². The fourth-order valence-electron chi connectivity index (χ4n) is 1.70. The van der Waals surface area contributed by atoms with Crippen LogP contribution >= 0.6 is 15.9 Å². The topological polar surface area (TPSA) is 27.1 Å². The van der Waals surface area contributed by atoms with Gasteiger partial charge in [0, 0.05) is 36.8 Å². The predicted octanol–water partition coefficient (Wildman–Crippen LogP) is 3.08. The molecule has 0 aliphatic heterocycles. The summed E-state index contributed by atoms with van der Waals surface area (Å²) in [6, 6.07) is 4.92. The molecule has 3 nitrogen and oxygen atoms in total. The molecular weight excluding hydrogens is 299 g/mol. The molecule has 1 aromatic carbocycles. The first-order valence-electron chi connectivity index (χ1n) is 5.64. The third-order valence-electron chi connectivity index (χ3n) is 2.69. The number of benzene rings is 1. The van der Waals surface area contributed by atoms with Crippen molar-refractivity contribution in [1.29, 1.82) is 0 Å². The Bertz CT molecular complexity index is 527. The first kappa shape index (κ1) is 13.1. The van der Waals surface area contributed by atoms with Crippen molar-refractivity contribution in [2.75, 3.05) is 6.61 Å². The van der Waals surface area contributed by atoms with E-state index in [1.807, 2.05) is 23.9 Å². The number of aromatic nitrogens is 2. The van der Waals surface area contributed by atoms with E-state index in [9.17, 15) is 4.39 Å². The van der Waals surface area contributed by atoms with Crippen molar-refractivity contribution >= 4 is 15.9 Å². The number of nitrogens with zero attached hydrogens (tertiary/aromatic N) is 2. The Morgan fingerprint density at radius 1 is 1.44 bits per heavy atom. The van der Waals surface area contributed by atoms with E-state index in [2.05, 4.69) is 20.9 Å². The van der Waals surface area contributed by atoms with Gasteiger partial charge in [0.2, 0.25) is 0 Å². The van der Waals surface area contributed by atoms with Gasteiger partial charge in [-0.15, -0.1) is 0 Å². The highest BCUT2D eigenvalue weighted by atomic mass is 79.9. The molecule has 0 saturated heterocycles. The summed E-state index contributed by atoms with van der Waals surface area (Å²) in [5.74, 6) is 0.919. The molecule has 2 aromatic rings. The third-order valence-corrected chi connectivity index (χ3v) is 3.29. The second-order valence-corrected chi connectivity index (χ2v) is 4.48.